The van der Waals surface area contributed by atoms with E-state index in [1.165, 1.54) is 0 Å². The number of benzene rings is 3. The summed E-state index contributed by atoms with van der Waals surface area (Å²) < 4.78 is 32.6. The van der Waals surface area contributed by atoms with Crippen LogP contribution in [0.5, 0.6) is 34.5 Å². The zero-order valence-electron chi connectivity index (χ0n) is 20.2. The summed E-state index contributed by atoms with van der Waals surface area (Å²) in [6, 6.07) is 14.5. The molecule has 0 bridgehead atoms. The highest BCUT2D eigenvalue weighted by Gasteiger charge is 2.22. The zero-order valence-corrected chi connectivity index (χ0v) is 20.2. The summed E-state index contributed by atoms with van der Waals surface area (Å²) in [6.07, 6.45) is 2.79. The maximum Gasteiger partial charge on any atom is 0.161 e. The second kappa shape index (κ2) is 11.3. The number of hydrogen-bond donors (Lipinski definition) is 1. The van der Waals surface area contributed by atoms with Crippen LogP contribution in [-0.4, -0.2) is 47.8 Å². The maximum atomic E-state index is 11.4. The smallest absolute Gasteiger partial charge is 0.161 e. The number of aliphatic hydroxyl groups excluding tert-OH is 1. The van der Waals surface area contributed by atoms with Crippen molar-refractivity contribution in [1.82, 2.24) is 0 Å². The fourth-order valence-electron chi connectivity index (χ4n) is 3.64. The Morgan fingerprint density at radius 3 is 1.74 bits per heavy atom. The Hall–Kier alpha value is -3.84. The monoisotopic (exact) mass is 466 g/mol. The van der Waals surface area contributed by atoms with Gasteiger partial charge >= 0.3 is 0 Å². The summed E-state index contributed by atoms with van der Waals surface area (Å²) in [5, 5.41) is 11.4. The number of methoxy groups -OCH3 is 6. The molecule has 0 spiro atoms. The van der Waals surface area contributed by atoms with Crippen molar-refractivity contribution < 1.29 is 33.5 Å². The molecule has 7 nitrogen and oxygen atoms in total. The first-order chi connectivity index (χ1) is 16.5. The lowest BCUT2D eigenvalue weighted by Crippen LogP contribution is -2.06. The molecule has 0 aliphatic heterocycles. The fourth-order valence-corrected chi connectivity index (χ4v) is 3.64. The SMILES string of the molecule is COc1cc(C=Cc2cc(OC)cc(OC)c2C(O)c2ccc(OC)c(OC)c2)cc(OC)c1. The van der Waals surface area contributed by atoms with E-state index < -0.39 is 6.10 Å². The van der Waals surface area contributed by atoms with Crippen molar-refractivity contribution in [2.75, 3.05) is 42.7 Å². The predicted octanol–water partition coefficient (Wildman–Crippen LogP) is 4.99. The normalized spacial score (nSPS) is 11.7. The van der Waals surface area contributed by atoms with E-state index in [1.54, 1.807) is 73.0 Å². The Labute approximate surface area is 200 Å². The Bertz CT molecular complexity index is 1130. The van der Waals surface area contributed by atoms with Crippen molar-refractivity contribution in [2.45, 2.75) is 6.10 Å². The van der Waals surface area contributed by atoms with Crippen LogP contribution >= 0.6 is 0 Å². The molecule has 0 saturated heterocycles. The molecule has 34 heavy (non-hydrogen) atoms. The van der Waals surface area contributed by atoms with E-state index in [9.17, 15) is 5.11 Å². The molecule has 180 valence electrons. The standard InChI is InChI=1S/C27H30O7/c1-29-20-11-17(12-21(15-20)30-2)7-8-18-13-22(31-3)16-25(34-6)26(18)27(28)19-9-10-23(32-4)24(14-19)33-5/h7-16,27-28H,1-6H3. The average molecular weight is 467 g/mol. The second-order valence-corrected chi connectivity index (χ2v) is 7.33. The van der Waals surface area contributed by atoms with E-state index in [1.807, 2.05) is 30.4 Å². The zero-order chi connectivity index (χ0) is 24.7. The highest BCUT2D eigenvalue weighted by molar-refractivity contribution is 5.75. The quantitative estimate of drug-likeness (QED) is 0.422. The van der Waals surface area contributed by atoms with Crippen LogP contribution < -0.4 is 28.4 Å². The van der Waals surface area contributed by atoms with Crippen LogP contribution in [0.4, 0.5) is 0 Å². The summed E-state index contributed by atoms with van der Waals surface area (Å²) in [5.74, 6) is 3.53. The van der Waals surface area contributed by atoms with Crippen molar-refractivity contribution in [3.05, 3.63) is 70.8 Å². The topological polar surface area (TPSA) is 75.6 Å². The Morgan fingerprint density at radius 1 is 0.588 bits per heavy atom. The van der Waals surface area contributed by atoms with E-state index in [0.29, 0.717) is 45.6 Å². The molecular formula is C27H30O7. The van der Waals surface area contributed by atoms with Gasteiger partial charge in [-0.15, -0.1) is 0 Å². The first-order valence-corrected chi connectivity index (χ1v) is 10.5. The summed E-state index contributed by atoms with van der Waals surface area (Å²) in [4.78, 5) is 0. The Balaban J connectivity index is 2.12. The second-order valence-electron chi connectivity index (χ2n) is 7.33. The minimum atomic E-state index is -1.000. The van der Waals surface area contributed by atoms with Crippen LogP contribution in [0.3, 0.4) is 0 Å². The van der Waals surface area contributed by atoms with Crippen LogP contribution in [0.2, 0.25) is 0 Å². The minimum Gasteiger partial charge on any atom is -0.497 e. The molecule has 0 aliphatic rings. The summed E-state index contributed by atoms with van der Waals surface area (Å²) in [5.41, 5.74) is 2.80. The minimum absolute atomic E-state index is 0.490. The van der Waals surface area contributed by atoms with Crippen molar-refractivity contribution in [3.63, 3.8) is 0 Å². The van der Waals surface area contributed by atoms with E-state index in [-0.39, 0.29) is 0 Å². The molecule has 0 fully saturated rings. The highest BCUT2D eigenvalue weighted by Crippen LogP contribution is 2.39. The first-order valence-electron chi connectivity index (χ1n) is 10.5. The molecule has 0 aromatic heterocycles. The lowest BCUT2D eigenvalue weighted by Gasteiger charge is -2.20. The molecule has 3 aromatic carbocycles. The van der Waals surface area contributed by atoms with Gasteiger partial charge in [-0.25, -0.2) is 0 Å². The van der Waals surface area contributed by atoms with Gasteiger partial charge in [-0.2, -0.15) is 0 Å². The van der Waals surface area contributed by atoms with Gasteiger partial charge in [0, 0.05) is 17.7 Å². The van der Waals surface area contributed by atoms with E-state index in [4.69, 9.17) is 28.4 Å². The van der Waals surface area contributed by atoms with Gasteiger partial charge in [-0.1, -0.05) is 18.2 Å². The highest BCUT2D eigenvalue weighted by atomic mass is 16.5. The van der Waals surface area contributed by atoms with E-state index in [2.05, 4.69) is 0 Å². The Morgan fingerprint density at radius 2 is 1.18 bits per heavy atom. The molecule has 0 heterocycles. The van der Waals surface area contributed by atoms with Crippen molar-refractivity contribution in [1.29, 1.82) is 0 Å². The van der Waals surface area contributed by atoms with Crippen molar-refractivity contribution in [2.24, 2.45) is 0 Å². The van der Waals surface area contributed by atoms with E-state index >= 15 is 0 Å². The molecule has 0 saturated carbocycles. The third-order valence-corrected chi connectivity index (χ3v) is 5.43. The average Bonchev–Trinajstić information content (AvgIpc) is 2.89. The first kappa shape index (κ1) is 24.8. The van der Waals surface area contributed by atoms with Gasteiger partial charge in [0.15, 0.2) is 11.5 Å². The van der Waals surface area contributed by atoms with Crippen LogP contribution in [0.1, 0.15) is 28.4 Å². The molecule has 1 N–H and O–H groups in total. The maximum absolute atomic E-state index is 11.4. The largest absolute Gasteiger partial charge is 0.497 e. The van der Waals surface area contributed by atoms with Gasteiger partial charge in [-0.05, 0) is 47.0 Å². The predicted molar refractivity (Wildman–Crippen MR) is 132 cm³/mol. The molecular weight excluding hydrogens is 436 g/mol. The van der Waals surface area contributed by atoms with Crippen LogP contribution in [-0.2, 0) is 0 Å². The Kier molecular flexibility index (Phi) is 8.27. The molecule has 3 aromatic rings. The third-order valence-electron chi connectivity index (χ3n) is 5.43. The molecule has 3 rings (SSSR count). The summed E-state index contributed by atoms with van der Waals surface area (Å²) in [7, 11) is 9.47. The summed E-state index contributed by atoms with van der Waals surface area (Å²) in [6.45, 7) is 0. The number of aliphatic hydroxyl groups is 1. The van der Waals surface area contributed by atoms with Crippen LogP contribution in [0, 0.1) is 0 Å². The molecule has 1 atom stereocenters. The van der Waals surface area contributed by atoms with Crippen LogP contribution in [0.15, 0.2) is 48.5 Å². The molecule has 7 heteroatoms. The van der Waals surface area contributed by atoms with Gasteiger partial charge in [0.05, 0.1) is 42.7 Å². The lowest BCUT2D eigenvalue weighted by atomic mass is 9.94. The number of ether oxygens (including phenoxy) is 6. The number of hydrogen-bond acceptors (Lipinski definition) is 7. The number of rotatable bonds is 10. The summed E-state index contributed by atoms with van der Waals surface area (Å²) >= 11 is 0. The lowest BCUT2D eigenvalue weighted by molar-refractivity contribution is 0.213. The third kappa shape index (κ3) is 5.38. The fraction of sp³-hybridized carbons (Fsp3) is 0.259. The van der Waals surface area contributed by atoms with Gasteiger partial charge in [-0.3, -0.25) is 0 Å². The molecule has 1 unspecified atom stereocenters. The molecule has 0 amide bonds. The molecule has 0 aliphatic carbocycles. The van der Waals surface area contributed by atoms with Gasteiger partial charge in [0.2, 0.25) is 0 Å². The van der Waals surface area contributed by atoms with Crippen molar-refractivity contribution in [3.8, 4) is 34.5 Å². The molecule has 0 radical (unpaired) electrons. The van der Waals surface area contributed by atoms with Gasteiger partial charge in [0.1, 0.15) is 29.1 Å². The van der Waals surface area contributed by atoms with Gasteiger partial charge < -0.3 is 33.5 Å². The van der Waals surface area contributed by atoms with E-state index in [0.717, 1.165) is 11.1 Å². The van der Waals surface area contributed by atoms with Gasteiger partial charge in [0.25, 0.3) is 0 Å². The van der Waals surface area contributed by atoms with Crippen LogP contribution in [0.25, 0.3) is 12.2 Å². The van der Waals surface area contributed by atoms with Crippen molar-refractivity contribution >= 4 is 12.2 Å².